The number of carbonyl (C=O) groups excluding carboxylic acids is 5. The molecule has 11 nitrogen and oxygen atoms in total. The number of allylic oxidation sites excluding steroid dienone is 1. The Morgan fingerprint density at radius 3 is 2.00 bits per heavy atom. The highest BCUT2D eigenvalue weighted by atomic mass is 16.6. The summed E-state index contributed by atoms with van der Waals surface area (Å²) in [6, 6.07) is 5.91. The highest BCUT2D eigenvalue weighted by Gasteiger charge is 2.50. The fourth-order valence-corrected chi connectivity index (χ4v) is 5.51. The molecule has 0 aliphatic carbocycles. The number of benzene rings is 1. The van der Waals surface area contributed by atoms with Crippen LogP contribution in [0.3, 0.4) is 0 Å². The van der Waals surface area contributed by atoms with Gasteiger partial charge in [0.15, 0.2) is 5.60 Å². The second kappa shape index (κ2) is 24.5. The third kappa shape index (κ3) is 18.9. The van der Waals surface area contributed by atoms with E-state index in [1.54, 1.807) is 51.1 Å². The van der Waals surface area contributed by atoms with Crippen molar-refractivity contribution in [3.8, 4) is 5.75 Å². The Hall–Kier alpha value is -3.73. The van der Waals surface area contributed by atoms with E-state index in [0.717, 1.165) is 51.4 Å². The van der Waals surface area contributed by atoms with E-state index >= 15 is 0 Å². The Balaban J connectivity index is 3.08. The zero-order valence-corrected chi connectivity index (χ0v) is 31.9. The smallest absolute Gasteiger partial charge is 0.340 e. The van der Waals surface area contributed by atoms with Crippen LogP contribution in [0, 0.1) is 5.92 Å². The van der Waals surface area contributed by atoms with Crippen LogP contribution in [-0.2, 0) is 39.9 Å². The van der Waals surface area contributed by atoms with Crippen LogP contribution in [0.2, 0.25) is 0 Å². The topological polar surface area (TPSA) is 171 Å². The van der Waals surface area contributed by atoms with E-state index in [4.69, 9.17) is 19.9 Å². The number of nitrogens with one attached hydrogen (secondary N) is 1. The van der Waals surface area contributed by atoms with Crippen molar-refractivity contribution in [2.45, 2.75) is 155 Å². The molecular formula is C40H64N2O9. The number of aliphatic hydroxyl groups is 1. The predicted molar refractivity (Wildman–Crippen MR) is 198 cm³/mol. The maximum absolute atomic E-state index is 13.9. The van der Waals surface area contributed by atoms with Gasteiger partial charge in [0.05, 0.1) is 26.1 Å². The number of rotatable bonds is 27. The first kappa shape index (κ1) is 45.3. The molecule has 0 heterocycles. The molecule has 0 aliphatic heterocycles. The number of unbranched alkanes of at least 4 members (excludes halogenated alkanes) is 9. The van der Waals surface area contributed by atoms with E-state index in [1.165, 1.54) is 32.4 Å². The van der Waals surface area contributed by atoms with Gasteiger partial charge in [-0.05, 0) is 70.6 Å². The number of ketones is 1. The number of amides is 2. The summed E-state index contributed by atoms with van der Waals surface area (Å²) in [5, 5.41) is 14.4. The molecule has 11 heteroatoms. The van der Waals surface area contributed by atoms with Gasteiger partial charge >= 0.3 is 11.9 Å². The molecule has 3 atom stereocenters. The number of carbonyl (C=O) groups is 5. The van der Waals surface area contributed by atoms with Crippen molar-refractivity contribution in [2.24, 2.45) is 11.7 Å². The van der Waals surface area contributed by atoms with Crippen molar-refractivity contribution < 1.29 is 43.3 Å². The summed E-state index contributed by atoms with van der Waals surface area (Å²) < 4.78 is 16.1. The lowest BCUT2D eigenvalue weighted by atomic mass is 9.82. The summed E-state index contributed by atoms with van der Waals surface area (Å²) in [6.45, 7) is 9.60. The SMILES string of the molecule is CCCCCCCC(=O)CCCCCC/C=C/[C@H](C(=O)N[C@@H](Cc1ccc(OCCCC)cc1)C(=O)OC)[C@@](O)(CC(N)=O)C(=O)OC(C)(C)C. The molecule has 0 aliphatic rings. The number of methoxy groups -OCH3 is 1. The van der Waals surface area contributed by atoms with Gasteiger partial charge in [-0.3, -0.25) is 14.4 Å². The van der Waals surface area contributed by atoms with Gasteiger partial charge in [0.2, 0.25) is 11.8 Å². The third-order valence-electron chi connectivity index (χ3n) is 8.39. The van der Waals surface area contributed by atoms with Crippen LogP contribution in [0.15, 0.2) is 36.4 Å². The van der Waals surface area contributed by atoms with Crippen LogP contribution in [-0.4, -0.2) is 65.6 Å². The minimum atomic E-state index is -2.66. The first-order valence-corrected chi connectivity index (χ1v) is 18.7. The van der Waals surface area contributed by atoms with Gasteiger partial charge < -0.3 is 30.4 Å². The number of esters is 2. The minimum absolute atomic E-state index is 0.0478. The summed E-state index contributed by atoms with van der Waals surface area (Å²) in [6.07, 6.45) is 14.7. The number of nitrogens with two attached hydrogens (primary N) is 1. The van der Waals surface area contributed by atoms with E-state index < -0.39 is 53.3 Å². The molecule has 0 bridgehead atoms. The van der Waals surface area contributed by atoms with Crippen LogP contribution in [0.1, 0.15) is 136 Å². The van der Waals surface area contributed by atoms with Gasteiger partial charge in [-0.25, -0.2) is 9.59 Å². The van der Waals surface area contributed by atoms with Gasteiger partial charge in [-0.2, -0.15) is 0 Å². The van der Waals surface area contributed by atoms with E-state index in [0.29, 0.717) is 43.0 Å². The fourth-order valence-electron chi connectivity index (χ4n) is 5.51. The fraction of sp³-hybridized carbons (Fsp3) is 0.675. The molecule has 1 rings (SSSR count). The molecule has 0 radical (unpaired) electrons. The van der Waals surface area contributed by atoms with Crippen LogP contribution in [0.25, 0.3) is 0 Å². The normalized spacial score (nSPS) is 13.9. The number of hydrogen-bond donors (Lipinski definition) is 3. The van der Waals surface area contributed by atoms with Crippen LogP contribution in [0.5, 0.6) is 5.75 Å². The summed E-state index contributed by atoms with van der Waals surface area (Å²) >= 11 is 0. The zero-order valence-electron chi connectivity index (χ0n) is 31.9. The lowest BCUT2D eigenvalue weighted by Crippen LogP contribution is -2.57. The maximum Gasteiger partial charge on any atom is 0.340 e. The Labute approximate surface area is 305 Å². The molecular weight excluding hydrogens is 652 g/mol. The average molecular weight is 717 g/mol. The minimum Gasteiger partial charge on any atom is -0.494 e. The molecule has 0 aromatic heterocycles. The van der Waals surface area contributed by atoms with Gasteiger partial charge in [-0.1, -0.05) is 83.1 Å². The largest absolute Gasteiger partial charge is 0.494 e. The van der Waals surface area contributed by atoms with E-state index in [-0.39, 0.29) is 6.42 Å². The quantitative estimate of drug-likeness (QED) is 0.0525. The molecule has 0 saturated heterocycles. The number of primary amides is 1. The third-order valence-corrected chi connectivity index (χ3v) is 8.39. The Morgan fingerprint density at radius 1 is 0.863 bits per heavy atom. The lowest BCUT2D eigenvalue weighted by molar-refractivity contribution is -0.185. The molecule has 0 fully saturated rings. The standard InChI is InChI=1S/C40H64N2O9/c1-7-9-11-14-17-20-31(43)21-18-15-12-13-16-19-22-33(40(48,29-35(41)44)38(47)51-39(3,4)5)36(45)42-34(37(46)49-6)28-30-23-25-32(26-24-30)50-27-10-8-2/h19,22-26,33-34,48H,7-18,20-21,27-29H2,1-6H3,(H2,41,44)(H,42,45)/b22-19+/t33-,34+,40+/m1/s1. The molecule has 2 amide bonds. The first-order valence-electron chi connectivity index (χ1n) is 18.7. The lowest BCUT2D eigenvalue weighted by Gasteiger charge is -2.34. The van der Waals surface area contributed by atoms with Crippen molar-refractivity contribution in [1.29, 1.82) is 0 Å². The van der Waals surface area contributed by atoms with Gasteiger partial charge in [-0.15, -0.1) is 0 Å². The molecule has 1 aromatic carbocycles. The highest BCUT2D eigenvalue weighted by molar-refractivity contribution is 5.96. The van der Waals surface area contributed by atoms with Crippen molar-refractivity contribution in [3.63, 3.8) is 0 Å². The molecule has 0 saturated carbocycles. The molecule has 1 aromatic rings. The monoisotopic (exact) mass is 716 g/mol. The van der Waals surface area contributed by atoms with E-state index in [1.807, 2.05) is 0 Å². The molecule has 0 unspecified atom stereocenters. The van der Waals surface area contributed by atoms with Crippen LogP contribution < -0.4 is 15.8 Å². The van der Waals surface area contributed by atoms with Gasteiger partial charge in [0.25, 0.3) is 0 Å². The number of ether oxygens (including phenoxy) is 3. The molecule has 288 valence electrons. The summed E-state index contributed by atoms with van der Waals surface area (Å²) in [4.78, 5) is 64.5. The van der Waals surface area contributed by atoms with E-state index in [9.17, 15) is 29.1 Å². The number of hydrogen-bond acceptors (Lipinski definition) is 9. The van der Waals surface area contributed by atoms with Gasteiger partial charge in [0.1, 0.15) is 23.2 Å². The van der Waals surface area contributed by atoms with Crippen LogP contribution in [0.4, 0.5) is 0 Å². The summed E-state index contributed by atoms with van der Waals surface area (Å²) in [5.41, 5.74) is 2.45. The average Bonchev–Trinajstić information content (AvgIpc) is 3.06. The first-order chi connectivity index (χ1) is 24.2. The van der Waals surface area contributed by atoms with Gasteiger partial charge in [0, 0.05) is 19.3 Å². The molecule has 0 spiro atoms. The van der Waals surface area contributed by atoms with Crippen LogP contribution >= 0.6 is 0 Å². The zero-order chi connectivity index (χ0) is 38.3. The molecule has 51 heavy (non-hydrogen) atoms. The predicted octanol–water partition coefficient (Wildman–Crippen LogP) is 6.46. The second-order valence-electron chi connectivity index (χ2n) is 14.3. The Morgan fingerprint density at radius 2 is 1.45 bits per heavy atom. The van der Waals surface area contributed by atoms with Crippen molar-refractivity contribution in [1.82, 2.24) is 5.32 Å². The summed E-state index contributed by atoms with van der Waals surface area (Å²) in [7, 11) is 1.19. The van der Waals surface area contributed by atoms with Crippen molar-refractivity contribution in [2.75, 3.05) is 13.7 Å². The Kier molecular flexibility index (Phi) is 21.7. The van der Waals surface area contributed by atoms with E-state index in [2.05, 4.69) is 19.2 Å². The molecule has 4 N–H and O–H groups in total. The number of Topliss-reactive ketones (excluding diaryl/α,β-unsaturated/α-hetero) is 1. The second-order valence-corrected chi connectivity index (χ2v) is 14.3. The van der Waals surface area contributed by atoms with Crippen molar-refractivity contribution >= 4 is 29.5 Å². The summed E-state index contributed by atoms with van der Waals surface area (Å²) in [5.74, 6) is -4.49. The Bertz CT molecular complexity index is 1240. The van der Waals surface area contributed by atoms with Crippen molar-refractivity contribution in [3.05, 3.63) is 42.0 Å². The highest BCUT2D eigenvalue weighted by Crippen LogP contribution is 2.29. The maximum atomic E-state index is 13.9.